The Morgan fingerprint density at radius 1 is 1.17 bits per heavy atom. The van der Waals surface area contributed by atoms with Crippen molar-refractivity contribution in [3.05, 3.63) is 69.7 Å². The lowest BCUT2D eigenvalue weighted by Gasteiger charge is -2.13. The molecule has 0 aliphatic heterocycles. The molecule has 0 bridgehead atoms. The number of aryl methyl sites for hydroxylation is 1. The maximum atomic E-state index is 13.7. The molecule has 1 nitrogen and oxygen atoms in total. The van der Waals surface area contributed by atoms with Gasteiger partial charge >= 0.3 is 0 Å². The van der Waals surface area contributed by atoms with E-state index in [-0.39, 0.29) is 10.6 Å². The number of rotatable bonds is 2. The van der Waals surface area contributed by atoms with Gasteiger partial charge in [-0.3, -0.25) is 0 Å². The molecule has 0 saturated carbocycles. The molecule has 1 N–H and O–H groups in total. The minimum Gasteiger partial charge on any atom is -0.384 e. The maximum Gasteiger partial charge on any atom is 0.147 e. The Hall–Kier alpha value is -1.45. The standard InChI is InChI=1S/C14H11ClF2O/c1-8-5-6-9(7-12(8)16)14(18)10-3-2-4-11(15)13(10)17/h2-7,14,18H,1H3. The highest BCUT2D eigenvalue weighted by molar-refractivity contribution is 6.30. The maximum absolute atomic E-state index is 13.7. The van der Waals surface area contributed by atoms with Crippen LogP contribution in [-0.2, 0) is 0 Å². The Balaban J connectivity index is 2.44. The van der Waals surface area contributed by atoms with Crippen LogP contribution in [0.4, 0.5) is 8.78 Å². The van der Waals surface area contributed by atoms with Crippen molar-refractivity contribution in [2.24, 2.45) is 0 Å². The Kier molecular flexibility index (Phi) is 3.64. The van der Waals surface area contributed by atoms with E-state index >= 15 is 0 Å². The molecule has 18 heavy (non-hydrogen) atoms. The molecule has 2 aromatic carbocycles. The number of aliphatic hydroxyl groups is 1. The van der Waals surface area contributed by atoms with Crippen molar-refractivity contribution in [3.8, 4) is 0 Å². The smallest absolute Gasteiger partial charge is 0.147 e. The van der Waals surface area contributed by atoms with Gasteiger partial charge in [0.2, 0.25) is 0 Å². The Morgan fingerprint density at radius 2 is 1.89 bits per heavy atom. The molecule has 94 valence electrons. The molecule has 0 aliphatic carbocycles. The first-order valence-electron chi connectivity index (χ1n) is 5.38. The number of halogens is 3. The van der Waals surface area contributed by atoms with E-state index in [0.29, 0.717) is 11.1 Å². The van der Waals surface area contributed by atoms with E-state index in [1.807, 2.05) is 0 Å². The first kappa shape index (κ1) is 13.0. The molecule has 2 aromatic rings. The van der Waals surface area contributed by atoms with Crippen molar-refractivity contribution < 1.29 is 13.9 Å². The zero-order valence-electron chi connectivity index (χ0n) is 9.62. The van der Waals surface area contributed by atoms with E-state index in [1.54, 1.807) is 13.0 Å². The van der Waals surface area contributed by atoms with Gasteiger partial charge < -0.3 is 5.11 Å². The lowest BCUT2D eigenvalue weighted by Crippen LogP contribution is -2.03. The highest BCUT2D eigenvalue weighted by Gasteiger charge is 2.17. The molecule has 1 atom stereocenters. The summed E-state index contributed by atoms with van der Waals surface area (Å²) in [5.41, 5.74) is 0.794. The number of aliphatic hydroxyl groups excluding tert-OH is 1. The molecular weight excluding hydrogens is 258 g/mol. The molecule has 0 heterocycles. The van der Waals surface area contributed by atoms with Crippen molar-refractivity contribution in [1.82, 2.24) is 0 Å². The van der Waals surface area contributed by atoms with E-state index < -0.39 is 17.7 Å². The second-order valence-corrected chi connectivity index (χ2v) is 4.46. The second kappa shape index (κ2) is 5.04. The fourth-order valence-electron chi connectivity index (χ4n) is 1.69. The number of hydrogen-bond acceptors (Lipinski definition) is 1. The third kappa shape index (κ3) is 2.37. The van der Waals surface area contributed by atoms with Crippen molar-refractivity contribution in [2.45, 2.75) is 13.0 Å². The molecule has 0 aromatic heterocycles. The minimum absolute atomic E-state index is 0.0331. The van der Waals surface area contributed by atoms with Crippen molar-refractivity contribution in [2.75, 3.05) is 0 Å². The Labute approximate surface area is 109 Å². The van der Waals surface area contributed by atoms with Crippen molar-refractivity contribution >= 4 is 11.6 Å². The summed E-state index contributed by atoms with van der Waals surface area (Å²) in [5.74, 6) is -1.12. The zero-order chi connectivity index (χ0) is 13.3. The van der Waals surface area contributed by atoms with Crippen LogP contribution in [0.5, 0.6) is 0 Å². The third-order valence-corrected chi connectivity index (χ3v) is 3.08. The summed E-state index contributed by atoms with van der Waals surface area (Å²) in [7, 11) is 0. The van der Waals surface area contributed by atoms with Crippen LogP contribution in [0.1, 0.15) is 22.8 Å². The summed E-state index contributed by atoms with van der Waals surface area (Å²) in [5, 5.41) is 9.98. The molecule has 2 rings (SSSR count). The van der Waals surface area contributed by atoms with E-state index in [4.69, 9.17) is 11.6 Å². The Bertz CT molecular complexity index is 584. The van der Waals surface area contributed by atoms with Crippen LogP contribution in [0.3, 0.4) is 0 Å². The molecule has 0 radical (unpaired) electrons. The summed E-state index contributed by atoms with van der Waals surface area (Å²) < 4.78 is 27.1. The van der Waals surface area contributed by atoms with Gasteiger partial charge in [-0.1, -0.05) is 35.9 Å². The van der Waals surface area contributed by atoms with Gasteiger partial charge in [0.1, 0.15) is 17.7 Å². The fraction of sp³-hybridized carbons (Fsp3) is 0.143. The lowest BCUT2D eigenvalue weighted by molar-refractivity contribution is 0.214. The van der Waals surface area contributed by atoms with Crippen LogP contribution in [0.2, 0.25) is 5.02 Å². The Morgan fingerprint density at radius 3 is 2.56 bits per heavy atom. The van der Waals surface area contributed by atoms with Crippen molar-refractivity contribution in [3.63, 3.8) is 0 Å². The number of benzene rings is 2. The van der Waals surface area contributed by atoms with E-state index in [0.717, 1.165) is 0 Å². The van der Waals surface area contributed by atoms with E-state index in [1.165, 1.54) is 30.3 Å². The summed E-state index contributed by atoms with van der Waals surface area (Å²) in [6.45, 7) is 1.62. The van der Waals surface area contributed by atoms with Gasteiger partial charge in [0.25, 0.3) is 0 Å². The topological polar surface area (TPSA) is 20.2 Å². The van der Waals surface area contributed by atoms with Crippen LogP contribution in [-0.4, -0.2) is 5.11 Å². The summed E-state index contributed by atoms with van der Waals surface area (Å²) in [6.07, 6.45) is -1.24. The average molecular weight is 269 g/mol. The predicted octanol–water partition coefficient (Wildman–Crippen LogP) is 4.01. The van der Waals surface area contributed by atoms with Gasteiger partial charge in [-0.05, 0) is 30.2 Å². The fourth-order valence-corrected chi connectivity index (χ4v) is 1.87. The largest absolute Gasteiger partial charge is 0.384 e. The van der Waals surface area contributed by atoms with E-state index in [2.05, 4.69) is 0 Å². The van der Waals surface area contributed by atoms with Crippen LogP contribution in [0.15, 0.2) is 36.4 Å². The van der Waals surface area contributed by atoms with Gasteiger partial charge in [-0.15, -0.1) is 0 Å². The van der Waals surface area contributed by atoms with Crippen LogP contribution >= 0.6 is 11.6 Å². The summed E-state index contributed by atoms with van der Waals surface area (Å²) in [6, 6.07) is 8.64. The minimum atomic E-state index is -1.24. The van der Waals surface area contributed by atoms with Crippen molar-refractivity contribution in [1.29, 1.82) is 0 Å². The quantitative estimate of drug-likeness (QED) is 0.873. The van der Waals surface area contributed by atoms with Gasteiger partial charge in [0.15, 0.2) is 0 Å². The van der Waals surface area contributed by atoms with Gasteiger partial charge in [-0.2, -0.15) is 0 Å². The first-order chi connectivity index (χ1) is 8.50. The first-order valence-corrected chi connectivity index (χ1v) is 5.76. The predicted molar refractivity (Wildman–Crippen MR) is 66.6 cm³/mol. The SMILES string of the molecule is Cc1ccc(C(O)c2cccc(Cl)c2F)cc1F. The normalized spacial score (nSPS) is 12.5. The molecule has 0 aliphatic rings. The molecule has 4 heteroatoms. The molecule has 0 spiro atoms. The average Bonchev–Trinajstić information content (AvgIpc) is 2.35. The highest BCUT2D eigenvalue weighted by Crippen LogP contribution is 2.28. The highest BCUT2D eigenvalue weighted by atomic mass is 35.5. The molecule has 1 unspecified atom stereocenters. The monoisotopic (exact) mass is 268 g/mol. The van der Waals surface area contributed by atoms with Gasteiger partial charge in [0.05, 0.1) is 5.02 Å². The molecule has 0 amide bonds. The van der Waals surface area contributed by atoms with Crippen LogP contribution in [0.25, 0.3) is 0 Å². The van der Waals surface area contributed by atoms with Gasteiger partial charge in [0, 0.05) is 5.56 Å². The van der Waals surface area contributed by atoms with Gasteiger partial charge in [-0.25, -0.2) is 8.78 Å². The summed E-state index contributed by atoms with van der Waals surface area (Å²) in [4.78, 5) is 0. The zero-order valence-corrected chi connectivity index (χ0v) is 10.4. The van der Waals surface area contributed by atoms with Crippen LogP contribution in [0, 0.1) is 18.6 Å². The molecule has 0 fully saturated rings. The summed E-state index contributed by atoms with van der Waals surface area (Å²) >= 11 is 5.64. The third-order valence-electron chi connectivity index (χ3n) is 2.79. The second-order valence-electron chi connectivity index (χ2n) is 4.05. The van der Waals surface area contributed by atoms with E-state index in [9.17, 15) is 13.9 Å². The molecular formula is C14H11ClF2O. The number of hydrogen-bond donors (Lipinski definition) is 1. The van der Waals surface area contributed by atoms with Crippen LogP contribution < -0.4 is 0 Å². The molecule has 0 saturated heterocycles. The lowest BCUT2D eigenvalue weighted by atomic mass is 10.00.